The molecular formula is C10H17NO4. The van der Waals surface area contributed by atoms with Gasteiger partial charge in [-0.15, -0.1) is 0 Å². The first-order chi connectivity index (χ1) is 7.16. The lowest BCUT2D eigenvalue weighted by atomic mass is 10.3. The van der Waals surface area contributed by atoms with Gasteiger partial charge in [-0.2, -0.15) is 0 Å². The lowest BCUT2D eigenvalue weighted by Gasteiger charge is -2.04. The van der Waals surface area contributed by atoms with Crippen LogP contribution in [-0.2, 0) is 14.3 Å². The molecule has 0 bridgehead atoms. The third kappa shape index (κ3) is 3.87. The molecule has 2 atom stereocenters. The molecular weight excluding hydrogens is 198 g/mol. The maximum Gasteiger partial charge on any atom is 0.307 e. The topological polar surface area (TPSA) is 75.6 Å². The molecule has 0 heterocycles. The average molecular weight is 215 g/mol. The van der Waals surface area contributed by atoms with Crippen molar-refractivity contribution in [2.45, 2.75) is 19.8 Å². The molecule has 0 aromatic heterocycles. The summed E-state index contributed by atoms with van der Waals surface area (Å²) < 4.78 is 5.11. The number of hydrogen-bond donors (Lipinski definition) is 2. The van der Waals surface area contributed by atoms with Crippen LogP contribution in [0.2, 0.25) is 0 Å². The molecule has 0 saturated heterocycles. The van der Waals surface area contributed by atoms with Gasteiger partial charge in [-0.25, -0.2) is 0 Å². The number of carbonyl (C=O) groups is 2. The third-order valence-corrected chi connectivity index (χ3v) is 2.41. The van der Waals surface area contributed by atoms with Gasteiger partial charge in [0.15, 0.2) is 0 Å². The van der Waals surface area contributed by atoms with Gasteiger partial charge in [0.1, 0.15) is 0 Å². The average Bonchev–Trinajstić information content (AvgIpc) is 2.96. The Morgan fingerprint density at radius 1 is 1.47 bits per heavy atom. The van der Waals surface area contributed by atoms with Crippen molar-refractivity contribution in [1.82, 2.24) is 5.32 Å². The standard InChI is InChI=1S/C10H17NO4/c1-2-15-5-3-4-11-9(12)7-6-8(7)10(13)14/h7-8H,2-6H2,1H3,(H,11,12)(H,13,14)/t7-,8+/m1/s1. The molecule has 5 nitrogen and oxygen atoms in total. The predicted molar refractivity (Wildman–Crippen MR) is 53.4 cm³/mol. The summed E-state index contributed by atoms with van der Waals surface area (Å²) in [7, 11) is 0. The zero-order valence-corrected chi connectivity index (χ0v) is 8.86. The minimum Gasteiger partial charge on any atom is -0.481 e. The zero-order valence-electron chi connectivity index (χ0n) is 8.86. The van der Waals surface area contributed by atoms with E-state index in [9.17, 15) is 9.59 Å². The summed E-state index contributed by atoms with van der Waals surface area (Å²) in [6.07, 6.45) is 1.25. The van der Waals surface area contributed by atoms with E-state index in [0.29, 0.717) is 26.2 Å². The van der Waals surface area contributed by atoms with Crippen molar-refractivity contribution in [3.63, 3.8) is 0 Å². The summed E-state index contributed by atoms with van der Waals surface area (Å²) in [6.45, 7) is 3.78. The molecule has 1 rings (SSSR count). The summed E-state index contributed by atoms with van der Waals surface area (Å²) in [5, 5.41) is 11.3. The smallest absolute Gasteiger partial charge is 0.307 e. The highest BCUT2D eigenvalue weighted by Crippen LogP contribution is 2.38. The Morgan fingerprint density at radius 2 is 2.20 bits per heavy atom. The second-order valence-electron chi connectivity index (χ2n) is 3.63. The van der Waals surface area contributed by atoms with Crippen LogP contribution < -0.4 is 5.32 Å². The summed E-state index contributed by atoms with van der Waals surface area (Å²) in [4.78, 5) is 21.8. The number of ether oxygens (including phenoxy) is 1. The van der Waals surface area contributed by atoms with Gasteiger partial charge in [-0.3, -0.25) is 9.59 Å². The maximum atomic E-state index is 11.3. The van der Waals surface area contributed by atoms with Crippen LogP contribution in [-0.4, -0.2) is 36.7 Å². The van der Waals surface area contributed by atoms with Crippen LogP contribution >= 0.6 is 0 Å². The van der Waals surface area contributed by atoms with Gasteiger partial charge in [-0.1, -0.05) is 0 Å². The molecule has 1 saturated carbocycles. The van der Waals surface area contributed by atoms with Crippen LogP contribution in [0, 0.1) is 11.8 Å². The van der Waals surface area contributed by atoms with Crippen LogP contribution in [0.25, 0.3) is 0 Å². The molecule has 1 fully saturated rings. The first-order valence-electron chi connectivity index (χ1n) is 5.25. The van der Waals surface area contributed by atoms with Gasteiger partial charge in [-0.05, 0) is 19.8 Å². The van der Waals surface area contributed by atoms with Gasteiger partial charge in [0, 0.05) is 19.8 Å². The molecule has 0 aliphatic heterocycles. The lowest BCUT2D eigenvalue weighted by Crippen LogP contribution is -2.28. The second-order valence-corrected chi connectivity index (χ2v) is 3.63. The first-order valence-corrected chi connectivity index (χ1v) is 5.25. The Morgan fingerprint density at radius 3 is 2.73 bits per heavy atom. The van der Waals surface area contributed by atoms with Gasteiger partial charge < -0.3 is 15.2 Å². The second kappa shape index (κ2) is 5.70. The predicted octanol–water partition coefficient (Wildman–Crippen LogP) is 0.250. The van der Waals surface area contributed by atoms with Crippen LogP contribution in [0.3, 0.4) is 0 Å². The fraction of sp³-hybridized carbons (Fsp3) is 0.800. The van der Waals surface area contributed by atoms with Crippen molar-refractivity contribution in [2.75, 3.05) is 19.8 Å². The van der Waals surface area contributed by atoms with Crippen molar-refractivity contribution in [2.24, 2.45) is 11.8 Å². The van der Waals surface area contributed by atoms with E-state index in [4.69, 9.17) is 9.84 Å². The van der Waals surface area contributed by atoms with Crippen molar-refractivity contribution in [1.29, 1.82) is 0 Å². The van der Waals surface area contributed by atoms with E-state index >= 15 is 0 Å². The number of nitrogens with one attached hydrogen (secondary N) is 1. The Bertz CT molecular complexity index is 242. The lowest BCUT2D eigenvalue weighted by molar-refractivity contribution is -0.140. The molecule has 86 valence electrons. The van der Waals surface area contributed by atoms with Crippen molar-refractivity contribution in [3.05, 3.63) is 0 Å². The van der Waals surface area contributed by atoms with E-state index in [1.54, 1.807) is 0 Å². The van der Waals surface area contributed by atoms with Crippen LogP contribution in [0.1, 0.15) is 19.8 Å². The van der Waals surface area contributed by atoms with Crippen molar-refractivity contribution in [3.8, 4) is 0 Å². The van der Waals surface area contributed by atoms with Crippen LogP contribution in [0.15, 0.2) is 0 Å². The molecule has 5 heteroatoms. The number of hydrogen-bond acceptors (Lipinski definition) is 3. The molecule has 0 aromatic carbocycles. The molecule has 0 unspecified atom stereocenters. The molecule has 1 amide bonds. The summed E-state index contributed by atoms with van der Waals surface area (Å²) >= 11 is 0. The fourth-order valence-corrected chi connectivity index (χ4v) is 1.42. The summed E-state index contributed by atoms with van der Waals surface area (Å²) in [6, 6.07) is 0. The van der Waals surface area contributed by atoms with E-state index in [0.717, 1.165) is 6.42 Å². The van der Waals surface area contributed by atoms with E-state index < -0.39 is 11.9 Å². The molecule has 1 aliphatic carbocycles. The summed E-state index contributed by atoms with van der Waals surface area (Å²) in [5.41, 5.74) is 0. The highest BCUT2D eigenvalue weighted by Gasteiger charge is 2.48. The molecule has 2 N–H and O–H groups in total. The fourth-order valence-electron chi connectivity index (χ4n) is 1.42. The number of carboxylic acid groups (broad SMARTS) is 1. The van der Waals surface area contributed by atoms with Crippen molar-refractivity contribution >= 4 is 11.9 Å². The molecule has 0 radical (unpaired) electrons. The number of amides is 1. The Hall–Kier alpha value is -1.10. The Labute approximate surface area is 88.8 Å². The van der Waals surface area contributed by atoms with Crippen LogP contribution in [0.4, 0.5) is 0 Å². The first kappa shape index (κ1) is 12.0. The van der Waals surface area contributed by atoms with E-state index in [1.165, 1.54) is 0 Å². The monoisotopic (exact) mass is 215 g/mol. The summed E-state index contributed by atoms with van der Waals surface area (Å²) in [5.74, 6) is -1.78. The van der Waals surface area contributed by atoms with Gasteiger partial charge in [0.2, 0.25) is 5.91 Å². The minimum atomic E-state index is -0.871. The van der Waals surface area contributed by atoms with E-state index in [1.807, 2.05) is 6.92 Å². The van der Waals surface area contributed by atoms with E-state index in [2.05, 4.69) is 5.32 Å². The molecule has 0 aromatic rings. The highest BCUT2D eigenvalue weighted by atomic mass is 16.5. The Kier molecular flexibility index (Phi) is 4.55. The molecule has 0 spiro atoms. The minimum absolute atomic E-state index is 0.140. The highest BCUT2D eigenvalue weighted by molar-refractivity contribution is 5.89. The largest absolute Gasteiger partial charge is 0.481 e. The normalized spacial score (nSPS) is 23.5. The molecule has 1 aliphatic rings. The molecule has 15 heavy (non-hydrogen) atoms. The van der Waals surface area contributed by atoms with Crippen molar-refractivity contribution < 1.29 is 19.4 Å². The number of rotatable bonds is 7. The maximum absolute atomic E-state index is 11.3. The van der Waals surface area contributed by atoms with Gasteiger partial charge in [0.25, 0.3) is 0 Å². The van der Waals surface area contributed by atoms with Gasteiger partial charge in [0.05, 0.1) is 11.8 Å². The zero-order chi connectivity index (χ0) is 11.3. The number of carbonyl (C=O) groups excluding carboxylic acids is 1. The SMILES string of the molecule is CCOCCCNC(=O)[C@@H]1C[C@@H]1C(=O)O. The van der Waals surface area contributed by atoms with Gasteiger partial charge >= 0.3 is 5.97 Å². The van der Waals surface area contributed by atoms with E-state index in [-0.39, 0.29) is 11.8 Å². The Balaban J connectivity index is 2.03. The number of carboxylic acids is 1. The quantitative estimate of drug-likeness (QED) is 0.597. The van der Waals surface area contributed by atoms with Crippen LogP contribution in [0.5, 0.6) is 0 Å². The number of aliphatic carboxylic acids is 1. The third-order valence-electron chi connectivity index (χ3n) is 2.41.